The average Bonchev–Trinajstić information content (AvgIpc) is 2.87. The minimum absolute atomic E-state index is 0.102. The number of carbonyl (C=O) groups is 1. The highest BCUT2D eigenvalue weighted by Crippen LogP contribution is 2.51. The fraction of sp³-hybridized carbons (Fsp3) is 0.276. The van der Waals surface area contributed by atoms with E-state index >= 15 is 0 Å². The van der Waals surface area contributed by atoms with E-state index in [1.807, 2.05) is 84.9 Å². The average molecular weight is 527 g/mol. The van der Waals surface area contributed by atoms with Crippen LogP contribution in [0.5, 0.6) is 0 Å². The summed E-state index contributed by atoms with van der Waals surface area (Å²) in [6.45, 7) is 6.10. The molecule has 190 valence electrons. The quantitative estimate of drug-likeness (QED) is 0.176. The first-order valence-electron chi connectivity index (χ1n) is 12.0. The standard InChI is InChI=1S/C29H32ClO5P/c1-4-34-36(32,35-5-2)21-24-18-26(20-27(19-24)25-13-15-28(30)16-14-25)22(3)29(31)33-17-9-12-23-10-7-6-8-11-23/h6-16,18-20,22H,4-5,17,21H2,1-3H3. The van der Waals surface area contributed by atoms with Crippen LogP contribution in [0.4, 0.5) is 0 Å². The molecule has 0 heterocycles. The van der Waals surface area contributed by atoms with Gasteiger partial charge in [-0.2, -0.15) is 0 Å². The van der Waals surface area contributed by atoms with Crippen molar-refractivity contribution in [2.75, 3.05) is 19.8 Å². The summed E-state index contributed by atoms with van der Waals surface area (Å²) >= 11 is 6.07. The third-order valence-electron chi connectivity index (χ3n) is 5.51. The molecule has 0 aliphatic carbocycles. The number of hydrogen-bond donors (Lipinski definition) is 0. The summed E-state index contributed by atoms with van der Waals surface area (Å²) in [4.78, 5) is 12.9. The van der Waals surface area contributed by atoms with Crippen molar-refractivity contribution in [3.8, 4) is 11.1 Å². The van der Waals surface area contributed by atoms with Crippen molar-refractivity contribution in [3.05, 3.63) is 101 Å². The lowest BCUT2D eigenvalue weighted by Crippen LogP contribution is -2.14. The summed E-state index contributed by atoms with van der Waals surface area (Å²) in [7, 11) is -3.33. The molecule has 1 unspecified atom stereocenters. The molecular formula is C29H32ClO5P. The molecule has 0 fully saturated rings. The van der Waals surface area contributed by atoms with Crippen molar-refractivity contribution < 1.29 is 23.1 Å². The molecule has 0 aliphatic rings. The van der Waals surface area contributed by atoms with Crippen LogP contribution in [-0.4, -0.2) is 25.8 Å². The van der Waals surface area contributed by atoms with Gasteiger partial charge in [-0.25, -0.2) is 0 Å². The van der Waals surface area contributed by atoms with Gasteiger partial charge in [0.05, 0.1) is 25.3 Å². The van der Waals surface area contributed by atoms with E-state index in [1.54, 1.807) is 20.8 Å². The maximum atomic E-state index is 13.2. The van der Waals surface area contributed by atoms with E-state index in [1.165, 1.54) is 0 Å². The molecule has 0 aromatic heterocycles. The van der Waals surface area contributed by atoms with E-state index < -0.39 is 13.5 Å². The van der Waals surface area contributed by atoms with E-state index in [-0.39, 0.29) is 32.0 Å². The first-order valence-corrected chi connectivity index (χ1v) is 14.1. The van der Waals surface area contributed by atoms with Crippen molar-refractivity contribution in [1.29, 1.82) is 0 Å². The number of hydrogen-bond acceptors (Lipinski definition) is 5. The van der Waals surface area contributed by atoms with Crippen molar-refractivity contribution in [2.45, 2.75) is 32.9 Å². The molecule has 3 rings (SSSR count). The highest BCUT2D eigenvalue weighted by atomic mass is 35.5. The summed E-state index contributed by atoms with van der Waals surface area (Å²) in [5, 5.41) is 0.632. The zero-order valence-electron chi connectivity index (χ0n) is 20.9. The van der Waals surface area contributed by atoms with E-state index in [2.05, 4.69) is 0 Å². The first kappa shape index (κ1) is 27.9. The Hall–Kier alpha value is -2.69. The van der Waals surface area contributed by atoms with Crippen LogP contribution < -0.4 is 0 Å². The molecule has 5 nitrogen and oxygen atoms in total. The molecule has 0 radical (unpaired) electrons. The number of rotatable bonds is 12. The molecule has 0 aliphatic heterocycles. The predicted octanol–water partition coefficient (Wildman–Crippen LogP) is 8.13. The maximum Gasteiger partial charge on any atom is 0.335 e. The normalized spacial score (nSPS) is 12.6. The second kappa shape index (κ2) is 13.6. The minimum atomic E-state index is -3.33. The Morgan fingerprint density at radius 1 is 0.944 bits per heavy atom. The smallest absolute Gasteiger partial charge is 0.335 e. The number of benzene rings is 3. The maximum absolute atomic E-state index is 13.2. The molecule has 1 atom stereocenters. The van der Waals surface area contributed by atoms with Gasteiger partial charge in [0.2, 0.25) is 0 Å². The Morgan fingerprint density at radius 2 is 1.61 bits per heavy atom. The lowest BCUT2D eigenvalue weighted by Gasteiger charge is -2.19. The Labute approximate surface area is 218 Å². The second-order valence-electron chi connectivity index (χ2n) is 8.24. The van der Waals surface area contributed by atoms with E-state index in [9.17, 15) is 9.36 Å². The summed E-state index contributed by atoms with van der Waals surface area (Å²) in [5.74, 6) is -0.871. The van der Waals surface area contributed by atoms with Crippen LogP contribution in [0, 0.1) is 0 Å². The van der Waals surface area contributed by atoms with Crippen LogP contribution in [0.15, 0.2) is 78.9 Å². The van der Waals surface area contributed by atoms with Gasteiger partial charge < -0.3 is 13.8 Å². The van der Waals surface area contributed by atoms with Crippen LogP contribution in [0.25, 0.3) is 17.2 Å². The SMILES string of the molecule is CCOP(=O)(Cc1cc(-c2ccc(Cl)cc2)cc(C(C)C(=O)OCC=Cc2ccccc2)c1)OCC. The number of carbonyl (C=O) groups excluding carboxylic acids is 1. The van der Waals surface area contributed by atoms with Crippen LogP contribution in [0.3, 0.4) is 0 Å². The third-order valence-corrected chi connectivity index (χ3v) is 7.81. The van der Waals surface area contributed by atoms with Gasteiger partial charge >= 0.3 is 13.6 Å². The molecule has 0 amide bonds. The summed E-state index contributed by atoms with van der Waals surface area (Å²) < 4.78 is 29.7. The van der Waals surface area contributed by atoms with Crippen molar-refractivity contribution in [2.24, 2.45) is 0 Å². The molecule has 0 bridgehead atoms. The molecule has 3 aromatic rings. The van der Waals surface area contributed by atoms with Gasteiger partial charge in [-0.15, -0.1) is 0 Å². The number of esters is 1. The first-order chi connectivity index (χ1) is 17.3. The zero-order valence-corrected chi connectivity index (χ0v) is 22.5. The van der Waals surface area contributed by atoms with Crippen LogP contribution in [0.1, 0.15) is 43.4 Å². The second-order valence-corrected chi connectivity index (χ2v) is 10.7. The van der Waals surface area contributed by atoms with Crippen LogP contribution in [-0.2, 0) is 29.3 Å². The molecule has 0 spiro atoms. The number of ether oxygens (including phenoxy) is 1. The van der Waals surface area contributed by atoms with Crippen molar-refractivity contribution in [1.82, 2.24) is 0 Å². The van der Waals surface area contributed by atoms with Gasteiger partial charge in [-0.3, -0.25) is 9.36 Å². The van der Waals surface area contributed by atoms with E-state index in [0.29, 0.717) is 5.02 Å². The van der Waals surface area contributed by atoms with Gasteiger partial charge in [-0.1, -0.05) is 78.3 Å². The Morgan fingerprint density at radius 3 is 2.25 bits per heavy atom. The van der Waals surface area contributed by atoms with Crippen molar-refractivity contribution >= 4 is 31.2 Å². The monoisotopic (exact) mass is 526 g/mol. The molecule has 3 aromatic carbocycles. The molecule has 0 saturated carbocycles. The zero-order chi connectivity index (χ0) is 26.0. The molecule has 0 N–H and O–H groups in total. The topological polar surface area (TPSA) is 61.8 Å². The van der Waals surface area contributed by atoms with Crippen LogP contribution in [0.2, 0.25) is 5.02 Å². The highest BCUT2D eigenvalue weighted by Gasteiger charge is 2.26. The number of halogens is 1. The molecule has 7 heteroatoms. The predicted molar refractivity (Wildman–Crippen MR) is 146 cm³/mol. The summed E-state index contributed by atoms with van der Waals surface area (Å²) in [5.41, 5.74) is 4.36. The Bertz CT molecular complexity index is 1200. The Kier molecular flexibility index (Phi) is 10.5. The van der Waals surface area contributed by atoms with Gasteiger partial charge in [-0.05, 0) is 66.8 Å². The van der Waals surface area contributed by atoms with Crippen molar-refractivity contribution in [3.63, 3.8) is 0 Å². The summed E-state index contributed by atoms with van der Waals surface area (Å²) in [6, 6.07) is 23.0. The van der Waals surface area contributed by atoms with Gasteiger partial charge in [0, 0.05) is 5.02 Å². The largest absolute Gasteiger partial charge is 0.461 e. The van der Waals surface area contributed by atoms with E-state index in [4.69, 9.17) is 25.4 Å². The molecule has 36 heavy (non-hydrogen) atoms. The molecule has 0 saturated heterocycles. The van der Waals surface area contributed by atoms with Gasteiger partial charge in [0.15, 0.2) is 0 Å². The highest BCUT2D eigenvalue weighted by molar-refractivity contribution is 7.53. The van der Waals surface area contributed by atoms with Crippen LogP contribution >= 0.6 is 19.2 Å². The summed E-state index contributed by atoms with van der Waals surface area (Å²) in [6.07, 6.45) is 3.83. The van der Waals surface area contributed by atoms with Gasteiger partial charge in [0.1, 0.15) is 6.61 Å². The Balaban J connectivity index is 1.84. The van der Waals surface area contributed by atoms with Gasteiger partial charge in [0.25, 0.3) is 0 Å². The lowest BCUT2D eigenvalue weighted by molar-refractivity contribution is -0.143. The molecular weight excluding hydrogens is 495 g/mol. The fourth-order valence-corrected chi connectivity index (χ4v) is 5.55. The lowest BCUT2D eigenvalue weighted by atomic mass is 9.94. The minimum Gasteiger partial charge on any atom is -0.461 e. The van der Waals surface area contributed by atoms with E-state index in [0.717, 1.165) is 27.8 Å². The fourth-order valence-electron chi connectivity index (χ4n) is 3.75. The third kappa shape index (κ3) is 8.18.